The number of fused-ring (bicyclic) bond motifs is 1. The van der Waals surface area contributed by atoms with Crippen LogP contribution in [-0.4, -0.2) is 67.2 Å². The van der Waals surface area contributed by atoms with Crippen LogP contribution in [0, 0.1) is 13.8 Å². The van der Waals surface area contributed by atoms with Crippen molar-refractivity contribution >= 4 is 38.6 Å². The third kappa shape index (κ3) is 3.46. The predicted octanol–water partition coefficient (Wildman–Crippen LogP) is 1.79. The molecular formula is C19H20N8O2S2. The summed E-state index contributed by atoms with van der Waals surface area (Å²) < 4.78 is 38.2. The fourth-order valence-corrected chi connectivity index (χ4v) is 5.83. The van der Waals surface area contributed by atoms with E-state index in [1.54, 1.807) is 24.5 Å². The van der Waals surface area contributed by atoms with Gasteiger partial charge in [-0.15, -0.1) is 0 Å². The van der Waals surface area contributed by atoms with Gasteiger partial charge in [0.2, 0.25) is 10.0 Å². The largest absolute Gasteiger partial charge is 0.354 e. The lowest BCUT2D eigenvalue weighted by atomic mass is 10.3. The van der Waals surface area contributed by atoms with Crippen LogP contribution in [0.5, 0.6) is 0 Å². The van der Waals surface area contributed by atoms with Gasteiger partial charge in [-0.25, -0.2) is 23.4 Å². The standard InChI is InChI=1S/C19H20N8O2S2/c1-13-14(2)27(12-22-13)18-10-17(20-11-21-18)25-6-8-26(9-7-25)31(28,29)16-5-3-4-15-19(16)24-30-23-15/h3-5,10-12H,6-9H2,1-2H3. The van der Waals surface area contributed by atoms with Crippen molar-refractivity contribution in [2.45, 2.75) is 18.7 Å². The highest BCUT2D eigenvalue weighted by Crippen LogP contribution is 2.26. The SMILES string of the molecule is Cc1ncn(-c2cc(N3CCN(S(=O)(=O)c4cccc5nsnc45)CC3)ncn2)c1C. The Kier molecular flexibility index (Phi) is 4.91. The molecule has 1 fully saturated rings. The first-order valence-electron chi connectivity index (χ1n) is 9.74. The molecule has 4 heterocycles. The summed E-state index contributed by atoms with van der Waals surface area (Å²) in [6.07, 6.45) is 3.27. The average molecular weight is 457 g/mol. The summed E-state index contributed by atoms with van der Waals surface area (Å²) in [5.74, 6) is 1.50. The molecule has 0 bridgehead atoms. The zero-order chi connectivity index (χ0) is 21.6. The maximum absolute atomic E-state index is 13.2. The van der Waals surface area contributed by atoms with Crippen LogP contribution in [0.1, 0.15) is 11.4 Å². The van der Waals surface area contributed by atoms with Crippen LogP contribution in [0.4, 0.5) is 5.82 Å². The van der Waals surface area contributed by atoms with E-state index >= 15 is 0 Å². The van der Waals surface area contributed by atoms with Gasteiger partial charge in [-0.1, -0.05) is 6.07 Å². The lowest BCUT2D eigenvalue weighted by Gasteiger charge is -2.34. The molecule has 0 N–H and O–H groups in total. The van der Waals surface area contributed by atoms with E-state index < -0.39 is 10.0 Å². The lowest BCUT2D eigenvalue weighted by molar-refractivity contribution is 0.384. The molecule has 3 aromatic heterocycles. The molecule has 0 amide bonds. The zero-order valence-corrected chi connectivity index (χ0v) is 18.6. The number of benzene rings is 1. The first-order chi connectivity index (χ1) is 14.9. The van der Waals surface area contributed by atoms with E-state index in [2.05, 4.69) is 28.6 Å². The van der Waals surface area contributed by atoms with E-state index in [-0.39, 0.29) is 4.90 Å². The molecule has 0 radical (unpaired) electrons. The summed E-state index contributed by atoms with van der Waals surface area (Å²) in [7, 11) is -3.65. The van der Waals surface area contributed by atoms with Gasteiger partial charge in [0.1, 0.15) is 40.2 Å². The number of piperazine rings is 1. The second-order valence-electron chi connectivity index (χ2n) is 7.30. The molecule has 1 aromatic carbocycles. The predicted molar refractivity (Wildman–Crippen MR) is 117 cm³/mol. The van der Waals surface area contributed by atoms with E-state index in [1.165, 1.54) is 10.6 Å². The average Bonchev–Trinajstić information content (AvgIpc) is 3.40. The molecule has 0 aliphatic carbocycles. The van der Waals surface area contributed by atoms with Crippen molar-refractivity contribution in [3.05, 3.63) is 48.3 Å². The summed E-state index contributed by atoms with van der Waals surface area (Å²) in [4.78, 5) is 15.4. The lowest BCUT2D eigenvalue weighted by Crippen LogP contribution is -2.49. The highest BCUT2D eigenvalue weighted by Gasteiger charge is 2.31. The number of sulfonamides is 1. The van der Waals surface area contributed by atoms with Crippen molar-refractivity contribution in [2.24, 2.45) is 0 Å². The minimum atomic E-state index is -3.65. The fraction of sp³-hybridized carbons (Fsp3) is 0.316. The maximum Gasteiger partial charge on any atom is 0.245 e. The Hall–Kier alpha value is -2.96. The van der Waals surface area contributed by atoms with Gasteiger partial charge >= 0.3 is 0 Å². The molecule has 0 unspecified atom stereocenters. The Morgan fingerprint density at radius 1 is 0.968 bits per heavy atom. The van der Waals surface area contributed by atoms with Gasteiger partial charge in [-0.05, 0) is 26.0 Å². The quantitative estimate of drug-likeness (QED) is 0.457. The van der Waals surface area contributed by atoms with E-state index in [4.69, 9.17) is 0 Å². The first-order valence-corrected chi connectivity index (χ1v) is 11.9. The highest BCUT2D eigenvalue weighted by molar-refractivity contribution is 7.89. The van der Waals surface area contributed by atoms with Crippen molar-refractivity contribution in [2.75, 3.05) is 31.1 Å². The Morgan fingerprint density at radius 3 is 2.48 bits per heavy atom. The van der Waals surface area contributed by atoms with Gasteiger partial charge in [0.05, 0.1) is 17.4 Å². The second kappa shape index (κ2) is 7.62. The third-order valence-electron chi connectivity index (χ3n) is 5.57. The number of aryl methyl sites for hydroxylation is 1. The number of imidazole rings is 1. The number of rotatable bonds is 4. The highest BCUT2D eigenvalue weighted by atomic mass is 32.2. The van der Waals surface area contributed by atoms with Gasteiger partial charge in [0.15, 0.2) is 0 Å². The van der Waals surface area contributed by atoms with Crippen LogP contribution >= 0.6 is 11.7 Å². The van der Waals surface area contributed by atoms with E-state index in [9.17, 15) is 8.42 Å². The summed E-state index contributed by atoms with van der Waals surface area (Å²) in [5.41, 5.74) is 3.00. The second-order valence-corrected chi connectivity index (χ2v) is 9.73. The van der Waals surface area contributed by atoms with Crippen LogP contribution < -0.4 is 4.90 Å². The van der Waals surface area contributed by atoms with Crippen molar-refractivity contribution in [1.29, 1.82) is 0 Å². The number of nitrogens with zero attached hydrogens (tertiary/aromatic N) is 8. The summed E-state index contributed by atoms with van der Waals surface area (Å²) in [6, 6.07) is 6.97. The summed E-state index contributed by atoms with van der Waals surface area (Å²) in [6.45, 7) is 5.73. The van der Waals surface area contributed by atoms with Crippen LogP contribution in [0.25, 0.3) is 16.9 Å². The molecule has 5 rings (SSSR count). The maximum atomic E-state index is 13.2. The smallest absolute Gasteiger partial charge is 0.245 e. The summed E-state index contributed by atoms with van der Waals surface area (Å²) in [5, 5.41) is 0. The minimum absolute atomic E-state index is 0.211. The molecule has 0 spiro atoms. The molecule has 1 saturated heterocycles. The van der Waals surface area contributed by atoms with Gasteiger partial charge in [0.25, 0.3) is 0 Å². The molecule has 160 valence electrons. The molecule has 10 nitrogen and oxygen atoms in total. The number of aromatic nitrogens is 6. The Morgan fingerprint density at radius 2 is 1.74 bits per heavy atom. The van der Waals surface area contributed by atoms with Crippen molar-refractivity contribution in [1.82, 2.24) is 32.6 Å². The third-order valence-corrected chi connectivity index (χ3v) is 8.04. The Balaban J connectivity index is 1.36. The molecule has 1 aliphatic rings. The molecule has 0 saturated carbocycles. The van der Waals surface area contributed by atoms with Crippen molar-refractivity contribution in [3.8, 4) is 5.82 Å². The van der Waals surface area contributed by atoms with Gasteiger partial charge in [0, 0.05) is 37.9 Å². The van der Waals surface area contributed by atoms with Gasteiger partial charge in [-0.2, -0.15) is 13.1 Å². The zero-order valence-electron chi connectivity index (χ0n) is 17.0. The Bertz CT molecular complexity index is 1360. The van der Waals surface area contributed by atoms with E-state index in [1.807, 2.05) is 24.5 Å². The van der Waals surface area contributed by atoms with E-state index in [0.717, 1.165) is 34.8 Å². The van der Waals surface area contributed by atoms with Gasteiger partial charge < -0.3 is 4.90 Å². The molecule has 31 heavy (non-hydrogen) atoms. The normalized spacial score (nSPS) is 15.6. The number of hydrogen-bond acceptors (Lipinski definition) is 9. The fourth-order valence-electron chi connectivity index (χ4n) is 3.66. The molecule has 12 heteroatoms. The van der Waals surface area contributed by atoms with Crippen LogP contribution in [0.2, 0.25) is 0 Å². The van der Waals surface area contributed by atoms with Crippen molar-refractivity contribution in [3.63, 3.8) is 0 Å². The van der Waals surface area contributed by atoms with Crippen molar-refractivity contribution < 1.29 is 8.42 Å². The van der Waals surface area contributed by atoms with Crippen LogP contribution in [-0.2, 0) is 10.0 Å². The molecule has 1 aliphatic heterocycles. The summed E-state index contributed by atoms with van der Waals surface area (Å²) >= 11 is 1.02. The molecule has 0 atom stereocenters. The minimum Gasteiger partial charge on any atom is -0.354 e. The molecule has 4 aromatic rings. The molecular weight excluding hydrogens is 436 g/mol. The van der Waals surface area contributed by atoms with E-state index in [0.29, 0.717) is 37.2 Å². The topological polar surface area (TPSA) is 110 Å². The van der Waals surface area contributed by atoms with Crippen LogP contribution in [0.15, 0.2) is 41.8 Å². The number of hydrogen-bond donors (Lipinski definition) is 0. The first kappa shape index (κ1) is 20.0. The Labute approximate surface area is 183 Å². The monoisotopic (exact) mass is 456 g/mol. The number of anilines is 1. The van der Waals surface area contributed by atoms with Gasteiger partial charge in [-0.3, -0.25) is 4.57 Å². The van der Waals surface area contributed by atoms with Crippen LogP contribution in [0.3, 0.4) is 0 Å².